The van der Waals surface area contributed by atoms with Crippen molar-refractivity contribution < 1.29 is 5.11 Å². The largest absolute Gasteiger partial charge is 0.383 e. The fourth-order valence-corrected chi connectivity index (χ4v) is 4.06. The molecule has 0 fully saturated rings. The van der Waals surface area contributed by atoms with Crippen LogP contribution in [0.2, 0.25) is 0 Å². The minimum absolute atomic E-state index is 0.314. The summed E-state index contributed by atoms with van der Waals surface area (Å²) in [6.07, 6.45) is 3.50. The summed E-state index contributed by atoms with van der Waals surface area (Å²) in [4.78, 5) is 10.1. The second-order valence-corrected chi connectivity index (χ2v) is 7.70. The molecule has 1 unspecified atom stereocenters. The number of benzene rings is 1. The summed E-state index contributed by atoms with van der Waals surface area (Å²) in [5.41, 5.74) is 1.91. The molecule has 27 heavy (non-hydrogen) atoms. The van der Waals surface area contributed by atoms with Crippen LogP contribution in [0.25, 0.3) is 21.3 Å². The van der Waals surface area contributed by atoms with Crippen LogP contribution in [0.3, 0.4) is 0 Å². The van der Waals surface area contributed by atoms with E-state index >= 15 is 0 Å². The SMILES string of the molecule is Cc1nc(NCC(C)(O)c2cnn(C)c2)c2c(-c3ccccc3)csc2n1. The van der Waals surface area contributed by atoms with Gasteiger partial charge >= 0.3 is 0 Å². The number of aryl methyl sites for hydroxylation is 2. The van der Waals surface area contributed by atoms with Gasteiger partial charge in [-0.15, -0.1) is 11.3 Å². The molecule has 4 aromatic rings. The molecule has 0 radical (unpaired) electrons. The Bertz CT molecular complexity index is 1080. The molecular formula is C20H21N5OS. The molecule has 0 amide bonds. The van der Waals surface area contributed by atoms with Crippen LogP contribution in [0.1, 0.15) is 18.3 Å². The first kappa shape index (κ1) is 17.6. The molecule has 3 heterocycles. The summed E-state index contributed by atoms with van der Waals surface area (Å²) in [5.74, 6) is 1.44. The smallest absolute Gasteiger partial charge is 0.139 e. The third-order valence-corrected chi connectivity index (χ3v) is 5.43. The summed E-state index contributed by atoms with van der Waals surface area (Å²) in [6.45, 7) is 3.97. The van der Waals surface area contributed by atoms with Crippen molar-refractivity contribution in [3.63, 3.8) is 0 Å². The maximum atomic E-state index is 10.9. The number of nitrogens with one attached hydrogen (secondary N) is 1. The van der Waals surface area contributed by atoms with E-state index in [9.17, 15) is 5.11 Å². The third kappa shape index (κ3) is 3.43. The van der Waals surface area contributed by atoms with E-state index in [4.69, 9.17) is 0 Å². The van der Waals surface area contributed by atoms with Crippen molar-refractivity contribution in [1.29, 1.82) is 0 Å². The van der Waals surface area contributed by atoms with Gasteiger partial charge in [-0.2, -0.15) is 5.10 Å². The number of hydrogen-bond acceptors (Lipinski definition) is 6. The third-order valence-electron chi connectivity index (χ3n) is 4.56. The molecule has 1 aromatic carbocycles. The van der Waals surface area contributed by atoms with Gasteiger partial charge in [-0.3, -0.25) is 4.68 Å². The topological polar surface area (TPSA) is 75.9 Å². The maximum Gasteiger partial charge on any atom is 0.139 e. The molecule has 0 aliphatic heterocycles. The number of rotatable bonds is 5. The number of aliphatic hydroxyl groups is 1. The zero-order valence-corrected chi connectivity index (χ0v) is 16.3. The Morgan fingerprint density at radius 2 is 2.00 bits per heavy atom. The van der Waals surface area contributed by atoms with Crippen LogP contribution < -0.4 is 5.32 Å². The quantitative estimate of drug-likeness (QED) is 0.553. The number of hydrogen-bond donors (Lipinski definition) is 2. The van der Waals surface area contributed by atoms with Crippen molar-refractivity contribution in [2.45, 2.75) is 19.4 Å². The number of fused-ring (bicyclic) bond motifs is 1. The second kappa shape index (κ2) is 6.75. The summed E-state index contributed by atoms with van der Waals surface area (Å²) in [5, 5.41) is 21.5. The number of thiophene rings is 1. The molecule has 6 nitrogen and oxygen atoms in total. The molecule has 0 aliphatic rings. The van der Waals surface area contributed by atoms with Gasteiger partial charge in [-0.1, -0.05) is 30.3 Å². The molecular weight excluding hydrogens is 358 g/mol. The molecule has 138 valence electrons. The molecule has 2 N–H and O–H groups in total. The monoisotopic (exact) mass is 379 g/mol. The van der Waals surface area contributed by atoms with Crippen molar-refractivity contribution in [3.8, 4) is 11.1 Å². The molecule has 1 atom stereocenters. The number of aromatic nitrogens is 4. The molecule has 0 spiro atoms. The molecule has 0 aliphatic carbocycles. The van der Waals surface area contributed by atoms with E-state index in [1.165, 1.54) is 0 Å². The van der Waals surface area contributed by atoms with E-state index in [0.29, 0.717) is 12.4 Å². The first-order chi connectivity index (χ1) is 12.9. The Labute approximate surface area is 161 Å². The van der Waals surface area contributed by atoms with Gasteiger partial charge in [0.15, 0.2) is 0 Å². The lowest BCUT2D eigenvalue weighted by Crippen LogP contribution is -2.30. The number of nitrogens with zero attached hydrogens (tertiary/aromatic N) is 4. The molecule has 3 aromatic heterocycles. The Morgan fingerprint density at radius 1 is 1.22 bits per heavy atom. The highest BCUT2D eigenvalue weighted by atomic mass is 32.1. The van der Waals surface area contributed by atoms with Crippen molar-refractivity contribution in [2.24, 2.45) is 7.05 Å². The summed E-state index contributed by atoms with van der Waals surface area (Å²) < 4.78 is 1.68. The minimum atomic E-state index is -1.07. The molecule has 0 saturated carbocycles. The summed E-state index contributed by atoms with van der Waals surface area (Å²) in [7, 11) is 1.84. The van der Waals surface area contributed by atoms with Gasteiger partial charge in [-0.05, 0) is 19.4 Å². The predicted octanol–water partition coefficient (Wildman–Crippen LogP) is 3.72. The van der Waals surface area contributed by atoms with E-state index < -0.39 is 5.60 Å². The van der Waals surface area contributed by atoms with Crippen LogP contribution in [-0.2, 0) is 12.6 Å². The lowest BCUT2D eigenvalue weighted by molar-refractivity contribution is 0.0714. The van der Waals surface area contributed by atoms with Gasteiger partial charge in [0.1, 0.15) is 22.1 Å². The van der Waals surface area contributed by atoms with Crippen LogP contribution in [0.4, 0.5) is 5.82 Å². The van der Waals surface area contributed by atoms with Gasteiger partial charge < -0.3 is 10.4 Å². The fraction of sp³-hybridized carbons (Fsp3) is 0.250. The van der Waals surface area contributed by atoms with Gasteiger partial charge in [0.25, 0.3) is 0 Å². The van der Waals surface area contributed by atoms with Crippen LogP contribution in [0, 0.1) is 6.92 Å². The van der Waals surface area contributed by atoms with Crippen LogP contribution in [0.15, 0.2) is 48.1 Å². The van der Waals surface area contributed by atoms with Crippen LogP contribution in [0.5, 0.6) is 0 Å². The lowest BCUT2D eigenvalue weighted by Gasteiger charge is -2.23. The highest BCUT2D eigenvalue weighted by Crippen LogP contribution is 2.37. The van der Waals surface area contributed by atoms with Gasteiger partial charge in [0.2, 0.25) is 0 Å². The summed E-state index contributed by atoms with van der Waals surface area (Å²) >= 11 is 1.60. The highest BCUT2D eigenvalue weighted by Gasteiger charge is 2.25. The van der Waals surface area contributed by atoms with E-state index in [-0.39, 0.29) is 0 Å². The molecule has 0 saturated heterocycles. The van der Waals surface area contributed by atoms with Crippen LogP contribution in [-0.4, -0.2) is 31.4 Å². The Kier molecular flexibility index (Phi) is 4.41. The van der Waals surface area contributed by atoms with Crippen molar-refractivity contribution in [2.75, 3.05) is 11.9 Å². The lowest BCUT2D eigenvalue weighted by atomic mass is 9.99. The van der Waals surface area contributed by atoms with Gasteiger partial charge in [0.05, 0.1) is 11.6 Å². The molecule has 7 heteroatoms. The average Bonchev–Trinajstić information content (AvgIpc) is 3.27. The first-order valence-electron chi connectivity index (χ1n) is 8.71. The van der Waals surface area contributed by atoms with Crippen molar-refractivity contribution >= 4 is 27.4 Å². The van der Waals surface area contributed by atoms with E-state index in [1.807, 2.05) is 38.4 Å². The zero-order valence-electron chi connectivity index (χ0n) is 15.5. The van der Waals surface area contributed by atoms with E-state index in [0.717, 1.165) is 32.7 Å². The Hall–Kier alpha value is -2.77. The minimum Gasteiger partial charge on any atom is -0.383 e. The van der Waals surface area contributed by atoms with E-state index in [2.05, 4.69) is 37.9 Å². The van der Waals surface area contributed by atoms with Crippen molar-refractivity contribution in [1.82, 2.24) is 19.7 Å². The molecule has 0 bridgehead atoms. The number of anilines is 1. The normalized spacial score (nSPS) is 13.6. The van der Waals surface area contributed by atoms with Gasteiger partial charge in [0, 0.05) is 36.3 Å². The van der Waals surface area contributed by atoms with E-state index in [1.54, 1.807) is 29.1 Å². The maximum absolute atomic E-state index is 10.9. The van der Waals surface area contributed by atoms with Crippen LogP contribution >= 0.6 is 11.3 Å². The zero-order chi connectivity index (χ0) is 19.0. The predicted molar refractivity (Wildman–Crippen MR) is 109 cm³/mol. The second-order valence-electron chi connectivity index (χ2n) is 6.85. The molecule has 4 rings (SSSR count). The standard InChI is InChI=1S/C20H21N5OS/c1-13-23-18(21-12-20(2,26)15-9-22-25(3)10-15)17-16(11-27-19(17)24-13)14-7-5-4-6-8-14/h4-11,26H,12H2,1-3H3,(H,21,23,24). The summed E-state index contributed by atoms with van der Waals surface area (Å²) in [6, 6.07) is 10.2. The fourth-order valence-electron chi connectivity index (χ4n) is 3.06. The van der Waals surface area contributed by atoms with Gasteiger partial charge in [-0.25, -0.2) is 9.97 Å². The van der Waals surface area contributed by atoms with Crippen molar-refractivity contribution in [3.05, 3.63) is 59.5 Å². The Morgan fingerprint density at radius 3 is 2.70 bits per heavy atom. The first-order valence-corrected chi connectivity index (χ1v) is 9.58. The Balaban J connectivity index is 1.72. The average molecular weight is 379 g/mol. The highest BCUT2D eigenvalue weighted by molar-refractivity contribution is 7.17.